The highest BCUT2D eigenvalue weighted by molar-refractivity contribution is 9.11. The molecule has 0 amide bonds. The molecule has 1 aromatic heterocycles. The van der Waals surface area contributed by atoms with E-state index in [4.69, 9.17) is 0 Å². The summed E-state index contributed by atoms with van der Waals surface area (Å²) in [5.74, 6) is 0. The van der Waals surface area contributed by atoms with Crippen LogP contribution in [0.2, 0.25) is 0 Å². The van der Waals surface area contributed by atoms with E-state index in [1.807, 2.05) is 24.3 Å². The number of hydrogen-bond donors (Lipinski definition) is 0. The van der Waals surface area contributed by atoms with Crippen LogP contribution in [-0.4, -0.2) is 9.97 Å². The maximum atomic E-state index is 4.22. The van der Waals surface area contributed by atoms with Crippen LogP contribution < -0.4 is 0 Å². The molecule has 0 radical (unpaired) electrons. The average molecular weight is 314 g/mol. The van der Waals surface area contributed by atoms with Crippen LogP contribution in [0.25, 0.3) is 11.3 Å². The lowest BCUT2D eigenvalue weighted by Gasteiger charge is -2.04. The van der Waals surface area contributed by atoms with Crippen LogP contribution >= 0.6 is 31.9 Å². The van der Waals surface area contributed by atoms with Crippen molar-refractivity contribution in [3.8, 4) is 11.3 Å². The van der Waals surface area contributed by atoms with E-state index >= 15 is 0 Å². The van der Waals surface area contributed by atoms with E-state index in [0.717, 1.165) is 20.2 Å². The molecule has 14 heavy (non-hydrogen) atoms. The number of rotatable bonds is 1. The van der Waals surface area contributed by atoms with Crippen molar-refractivity contribution in [2.45, 2.75) is 0 Å². The van der Waals surface area contributed by atoms with Crippen LogP contribution in [0.3, 0.4) is 0 Å². The molecule has 4 heteroatoms. The minimum absolute atomic E-state index is 0.895. The fraction of sp³-hybridized carbons (Fsp3) is 0. The summed E-state index contributed by atoms with van der Waals surface area (Å²) in [6, 6.07) is 7.96. The molecule has 0 atom stereocenters. The molecule has 0 spiro atoms. The highest BCUT2D eigenvalue weighted by Gasteiger charge is 2.06. The Morgan fingerprint density at radius 1 is 1.00 bits per heavy atom. The number of aromatic nitrogens is 2. The second-order valence-corrected chi connectivity index (χ2v) is 4.41. The molecular weight excluding hydrogens is 308 g/mol. The van der Waals surface area contributed by atoms with Gasteiger partial charge in [-0.25, -0.2) is 9.97 Å². The van der Waals surface area contributed by atoms with E-state index in [0.29, 0.717) is 0 Å². The third kappa shape index (κ3) is 1.86. The van der Waals surface area contributed by atoms with E-state index in [1.165, 1.54) is 0 Å². The highest BCUT2D eigenvalue weighted by Crippen LogP contribution is 2.30. The average Bonchev–Trinajstić information content (AvgIpc) is 2.20. The summed E-state index contributed by atoms with van der Waals surface area (Å²) in [6.07, 6.45) is 3.28. The maximum absolute atomic E-state index is 4.22. The molecule has 0 N–H and O–H groups in total. The van der Waals surface area contributed by atoms with Crippen molar-refractivity contribution in [2.24, 2.45) is 0 Å². The van der Waals surface area contributed by atoms with Gasteiger partial charge in [-0.2, -0.15) is 0 Å². The summed E-state index contributed by atoms with van der Waals surface area (Å²) in [5, 5.41) is 0. The maximum Gasteiger partial charge on any atom is 0.116 e. The lowest BCUT2D eigenvalue weighted by Crippen LogP contribution is -1.87. The van der Waals surface area contributed by atoms with Crippen LogP contribution in [0, 0.1) is 0 Å². The van der Waals surface area contributed by atoms with Crippen LogP contribution in [-0.2, 0) is 0 Å². The van der Waals surface area contributed by atoms with Crippen LogP contribution in [0.5, 0.6) is 0 Å². The second kappa shape index (κ2) is 4.19. The Labute approximate surface area is 98.7 Å². The van der Waals surface area contributed by atoms with Gasteiger partial charge in [-0.3, -0.25) is 0 Å². The molecule has 2 rings (SSSR count). The van der Waals surface area contributed by atoms with Crippen LogP contribution in [0.4, 0.5) is 0 Å². The zero-order valence-corrected chi connectivity index (χ0v) is 10.3. The third-order valence-electron chi connectivity index (χ3n) is 1.80. The third-order valence-corrected chi connectivity index (χ3v) is 3.07. The van der Waals surface area contributed by atoms with Gasteiger partial charge in [-0.05, 0) is 22.0 Å². The van der Waals surface area contributed by atoms with Crippen molar-refractivity contribution >= 4 is 31.9 Å². The Morgan fingerprint density at radius 3 is 2.50 bits per heavy atom. The van der Waals surface area contributed by atoms with Crippen LogP contribution in [0.1, 0.15) is 0 Å². The van der Waals surface area contributed by atoms with Crippen molar-refractivity contribution in [3.05, 3.63) is 45.7 Å². The van der Waals surface area contributed by atoms with Gasteiger partial charge in [0.05, 0.1) is 10.2 Å². The molecular formula is C10H6Br2N2. The predicted molar refractivity (Wildman–Crippen MR) is 62.9 cm³/mol. The molecule has 0 bridgehead atoms. The summed E-state index contributed by atoms with van der Waals surface area (Å²) >= 11 is 6.91. The van der Waals surface area contributed by atoms with Crippen molar-refractivity contribution in [3.63, 3.8) is 0 Å². The van der Waals surface area contributed by atoms with Gasteiger partial charge in [0.2, 0.25) is 0 Å². The van der Waals surface area contributed by atoms with Crippen molar-refractivity contribution < 1.29 is 0 Å². The molecule has 0 aliphatic rings. The van der Waals surface area contributed by atoms with E-state index in [-0.39, 0.29) is 0 Å². The predicted octanol–water partition coefficient (Wildman–Crippen LogP) is 3.67. The van der Waals surface area contributed by atoms with Gasteiger partial charge in [0.1, 0.15) is 6.33 Å². The molecule has 0 aliphatic carbocycles. The Kier molecular flexibility index (Phi) is 2.93. The first kappa shape index (κ1) is 9.80. The quantitative estimate of drug-likeness (QED) is 0.803. The summed E-state index contributed by atoms with van der Waals surface area (Å²) in [4.78, 5) is 8.15. The highest BCUT2D eigenvalue weighted by atomic mass is 79.9. The van der Waals surface area contributed by atoms with Crippen molar-refractivity contribution in [1.29, 1.82) is 0 Å². The number of benzene rings is 1. The molecule has 0 saturated carbocycles. The van der Waals surface area contributed by atoms with Gasteiger partial charge in [-0.1, -0.05) is 34.1 Å². The van der Waals surface area contributed by atoms with Gasteiger partial charge in [0, 0.05) is 16.2 Å². The standard InChI is InChI=1S/C10H6Br2N2/c11-8-4-2-1-3-7(8)10-9(12)5-13-6-14-10/h1-6H. The first-order valence-corrected chi connectivity index (χ1v) is 5.58. The van der Waals surface area contributed by atoms with E-state index < -0.39 is 0 Å². The molecule has 0 aliphatic heterocycles. The Morgan fingerprint density at radius 2 is 1.79 bits per heavy atom. The molecule has 70 valence electrons. The minimum Gasteiger partial charge on any atom is -0.244 e. The number of hydrogen-bond acceptors (Lipinski definition) is 2. The number of nitrogens with zero attached hydrogens (tertiary/aromatic N) is 2. The molecule has 0 fully saturated rings. The van der Waals surface area contributed by atoms with E-state index in [9.17, 15) is 0 Å². The Bertz CT molecular complexity index is 414. The molecule has 1 aromatic carbocycles. The molecule has 2 aromatic rings. The topological polar surface area (TPSA) is 25.8 Å². The SMILES string of the molecule is Brc1ccccc1-c1ncncc1Br. The largest absolute Gasteiger partial charge is 0.244 e. The monoisotopic (exact) mass is 312 g/mol. The van der Waals surface area contributed by atoms with E-state index in [1.54, 1.807) is 12.5 Å². The number of halogens is 2. The van der Waals surface area contributed by atoms with Gasteiger partial charge in [0.15, 0.2) is 0 Å². The first-order chi connectivity index (χ1) is 6.79. The molecule has 2 nitrogen and oxygen atoms in total. The smallest absolute Gasteiger partial charge is 0.116 e. The lowest BCUT2D eigenvalue weighted by molar-refractivity contribution is 1.15. The molecule has 0 saturated heterocycles. The Balaban J connectivity index is 2.61. The zero-order chi connectivity index (χ0) is 9.97. The normalized spacial score (nSPS) is 10.1. The second-order valence-electron chi connectivity index (χ2n) is 2.70. The Hall–Kier alpha value is -0.740. The zero-order valence-electron chi connectivity index (χ0n) is 7.11. The molecule has 0 unspecified atom stereocenters. The summed E-state index contributed by atoms with van der Waals surface area (Å²) in [7, 11) is 0. The van der Waals surface area contributed by atoms with Gasteiger partial charge in [-0.15, -0.1) is 0 Å². The minimum atomic E-state index is 0.895. The van der Waals surface area contributed by atoms with Crippen molar-refractivity contribution in [2.75, 3.05) is 0 Å². The van der Waals surface area contributed by atoms with Crippen LogP contribution in [0.15, 0.2) is 45.7 Å². The summed E-state index contributed by atoms with van der Waals surface area (Å²) < 4.78 is 1.92. The summed E-state index contributed by atoms with van der Waals surface area (Å²) in [6.45, 7) is 0. The fourth-order valence-corrected chi connectivity index (χ4v) is 2.07. The lowest BCUT2D eigenvalue weighted by atomic mass is 10.1. The van der Waals surface area contributed by atoms with Crippen molar-refractivity contribution in [1.82, 2.24) is 9.97 Å². The van der Waals surface area contributed by atoms with Gasteiger partial charge < -0.3 is 0 Å². The first-order valence-electron chi connectivity index (χ1n) is 3.99. The van der Waals surface area contributed by atoms with Gasteiger partial charge >= 0.3 is 0 Å². The van der Waals surface area contributed by atoms with E-state index in [2.05, 4.69) is 41.8 Å². The molecule has 1 heterocycles. The van der Waals surface area contributed by atoms with Gasteiger partial charge in [0.25, 0.3) is 0 Å². The fourth-order valence-electron chi connectivity index (χ4n) is 1.16. The summed E-state index contributed by atoms with van der Waals surface area (Å²) in [5.41, 5.74) is 1.95.